The topological polar surface area (TPSA) is 60.5 Å². The molecule has 19 heavy (non-hydrogen) atoms. The van der Waals surface area contributed by atoms with Crippen LogP contribution in [-0.4, -0.2) is 31.7 Å². The van der Waals surface area contributed by atoms with E-state index in [1.807, 2.05) is 25.1 Å². The van der Waals surface area contributed by atoms with Crippen LogP contribution in [0.15, 0.2) is 18.2 Å². The maximum absolute atomic E-state index is 11.9. The Kier molecular flexibility index (Phi) is 4.34. The zero-order valence-corrected chi connectivity index (χ0v) is 11.9. The highest BCUT2D eigenvalue weighted by Gasteiger charge is 2.13. The van der Waals surface area contributed by atoms with E-state index < -0.39 is 0 Å². The van der Waals surface area contributed by atoms with Gasteiger partial charge in [0.25, 0.3) is 5.19 Å². The molecule has 5 nitrogen and oxygen atoms in total. The van der Waals surface area contributed by atoms with E-state index in [-0.39, 0.29) is 11.8 Å². The summed E-state index contributed by atoms with van der Waals surface area (Å²) in [4.78, 5) is 16.2. The number of carbonyl (C=O) groups excluding carboxylic acids is 1. The highest BCUT2D eigenvalue weighted by atomic mass is 32.1. The van der Waals surface area contributed by atoms with Crippen LogP contribution >= 0.6 is 11.3 Å². The largest absolute Gasteiger partial charge is 0.473 e. The summed E-state index contributed by atoms with van der Waals surface area (Å²) in [5.74, 6) is -0.241. The number of amides is 1. The summed E-state index contributed by atoms with van der Waals surface area (Å²) in [7, 11) is 3.17. The molecule has 1 aromatic heterocycles. The molecule has 0 saturated heterocycles. The van der Waals surface area contributed by atoms with Crippen molar-refractivity contribution in [1.82, 2.24) is 4.98 Å². The third kappa shape index (κ3) is 3.21. The lowest BCUT2D eigenvalue weighted by atomic mass is 10.2. The van der Waals surface area contributed by atoms with Crippen molar-refractivity contribution in [2.75, 3.05) is 26.1 Å². The number of carbonyl (C=O) groups is 1. The van der Waals surface area contributed by atoms with Gasteiger partial charge in [-0.3, -0.25) is 4.79 Å². The second-order valence-corrected chi connectivity index (χ2v) is 5.21. The molecule has 0 fully saturated rings. The average molecular weight is 280 g/mol. The fourth-order valence-corrected chi connectivity index (χ4v) is 2.48. The predicted octanol–water partition coefficient (Wildman–Crippen LogP) is 2.53. The number of hydrogen-bond acceptors (Lipinski definition) is 5. The Morgan fingerprint density at radius 2 is 2.26 bits per heavy atom. The average Bonchev–Trinajstić information content (AvgIpc) is 2.81. The first-order chi connectivity index (χ1) is 9.13. The Balaban J connectivity index is 2.14. The minimum absolute atomic E-state index is 0.0577. The molecule has 2 rings (SSSR count). The van der Waals surface area contributed by atoms with Crippen molar-refractivity contribution in [3.8, 4) is 5.19 Å². The Bertz CT molecular complexity index is 582. The first kappa shape index (κ1) is 13.8. The predicted molar refractivity (Wildman–Crippen MR) is 75.8 cm³/mol. The van der Waals surface area contributed by atoms with Gasteiger partial charge in [-0.05, 0) is 18.2 Å². The van der Waals surface area contributed by atoms with E-state index in [9.17, 15) is 4.79 Å². The van der Waals surface area contributed by atoms with E-state index in [1.54, 1.807) is 14.2 Å². The van der Waals surface area contributed by atoms with E-state index in [4.69, 9.17) is 9.47 Å². The van der Waals surface area contributed by atoms with Crippen molar-refractivity contribution in [2.24, 2.45) is 5.92 Å². The molecule has 6 heteroatoms. The summed E-state index contributed by atoms with van der Waals surface area (Å²) in [6.45, 7) is 2.23. The Labute approximate surface area is 115 Å². The van der Waals surface area contributed by atoms with Crippen LogP contribution in [0.5, 0.6) is 5.19 Å². The summed E-state index contributed by atoms with van der Waals surface area (Å²) in [5.41, 5.74) is 1.62. The van der Waals surface area contributed by atoms with Gasteiger partial charge in [-0.15, -0.1) is 0 Å². The van der Waals surface area contributed by atoms with Gasteiger partial charge in [-0.2, -0.15) is 0 Å². The van der Waals surface area contributed by atoms with E-state index in [0.29, 0.717) is 11.8 Å². The van der Waals surface area contributed by atoms with Crippen molar-refractivity contribution in [3.05, 3.63) is 18.2 Å². The van der Waals surface area contributed by atoms with E-state index in [1.165, 1.54) is 11.3 Å². The number of ether oxygens (including phenoxy) is 2. The molecule has 1 atom stereocenters. The molecule has 0 unspecified atom stereocenters. The van der Waals surface area contributed by atoms with Crippen LogP contribution in [0, 0.1) is 5.92 Å². The lowest BCUT2D eigenvalue weighted by Gasteiger charge is -2.10. The van der Waals surface area contributed by atoms with Crippen LogP contribution in [-0.2, 0) is 9.53 Å². The number of hydrogen-bond donors (Lipinski definition) is 1. The molecule has 0 bridgehead atoms. The van der Waals surface area contributed by atoms with Gasteiger partial charge in [-0.1, -0.05) is 18.3 Å². The lowest BCUT2D eigenvalue weighted by molar-refractivity contribution is -0.120. The van der Waals surface area contributed by atoms with Crippen LogP contribution < -0.4 is 10.1 Å². The maximum atomic E-state index is 11.9. The molecule has 1 amide bonds. The summed E-state index contributed by atoms with van der Waals surface area (Å²) in [5, 5.41) is 3.48. The minimum Gasteiger partial charge on any atom is -0.473 e. The molecule has 0 aliphatic heterocycles. The summed E-state index contributed by atoms with van der Waals surface area (Å²) in [6, 6.07) is 5.59. The summed E-state index contributed by atoms with van der Waals surface area (Å²) >= 11 is 1.45. The van der Waals surface area contributed by atoms with Crippen LogP contribution in [0.1, 0.15) is 6.92 Å². The first-order valence-electron chi connectivity index (χ1n) is 5.88. The Morgan fingerprint density at radius 1 is 1.47 bits per heavy atom. The second kappa shape index (κ2) is 5.99. The van der Waals surface area contributed by atoms with Crippen molar-refractivity contribution in [3.63, 3.8) is 0 Å². The molecule has 1 N–H and O–H groups in total. The number of nitrogens with zero attached hydrogens (tertiary/aromatic N) is 1. The van der Waals surface area contributed by atoms with E-state index in [2.05, 4.69) is 10.3 Å². The number of aromatic nitrogens is 1. The lowest BCUT2D eigenvalue weighted by Crippen LogP contribution is -2.23. The van der Waals surface area contributed by atoms with Gasteiger partial charge in [0.2, 0.25) is 5.91 Å². The van der Waals surface area contributed by atoms with Gasteiger partial charge in [0.15, 0.2) is 0 Å². The third-order valence-electron chi connectivity index (χ3n) is 2.68. The number of rotatable bonds is 5. The number of benzene rings is 1. The zero-order chi connectivity index (χ0) is 13.8. The van der Waals surface area contributed by atoms with Gasteiger partial charge in [0.05, 0.1) is 29.9 Å². The maximum Gasteiger partial charge on any atom is 0.274 e. The highest BCUT2D eigenvalue weighted by molar-refractivity contribution is 7.20. The van der Waals surface area contributed by atoms with Crippen molar-refractivity contribution < 1.29 is 14.3 Å². The monoisotopic (exact) mass is 280 g/mol. The van der Waals surface area contributed by atoms with Crippen molar-refractivity contribution in [1.29, 1.82) is 0 Å². The smallest absolute Gasteiger partial charge is 0.274 e. The number of nitrogens with one attached hydrogen (secondary N) is 1. The second-order valence-electron chi connectivity index (χ2n) is 4.21. The standard InChI is InChI=1S/C13H16N2O3S/c1-8(7-17-2)12(16)14-9-4-5-10-11(6-9)19-13(15-10)18-3/h4-6,8H,7H2,1-3H3,(H,14,16)/t8-/m0/s1. The van der Waals surface area contributed by atoms with Crippen LogP contribution in [0.25, 0.3) is 10.2 Å². The molecule has 0 saturated carbocycles. The number of thiazole rings is 1. The Hall–Kier alpha value is -1.66. The first-order valence-corrected chi connectivity index (χ1v) is 6.70. The van der Waals surface area contributed by atoms with E-state index in [0.717, 1.165) is 15.9 Å². The molecule has 1 aromatic carbocycles. The van der Waals surface area contributed by atoms with Gasteiger partial charge >= 0.3 is 0 Å². The Morgan fingerprint density at radius 3 is 2.95 bits per heavy atom. The van der Waals surface area contributed by atoms with Crippen molar-refractivity contribution >= 4 is 33.1 Å². The minimum atomic E-state index is -0.184. The third-order valence-corrected chi connectivity index (χ3v) is 3.65. The summed E-state index contributed by atoms with van der Waals surface area (Å²) < 4.78 is 11.0. The molecule has 1 heterocycles. The molecule has 0 spiro atoms. The molecule has 102 valence electrons. The van der Waals surface area contributed by atoms with Crippen molar-refractivity contribution in [2.45, 2.75) is 6.92 Å². The normalized spacial score (nSPS) is 12.4. The van der Waals surface area contributed by atoms with E-state index >= 15 is 0 Å². The van der Waals surface area contributed by atoms with Gasteiger partial charge < -0.3 is 14.8 Å². The summed E-state index contributed by atoms with van der Waals surface area (Å²) in [6.07, 6.45) is 0. The molecule has 2 aromatic rings. The fourth-order valence-electron chi connectivity index (χ4n) is 1.66. The van der Waals surface area contributed by atoms with Crippen LogP contribution in [0.4, 0.5) is 5.69 Å². The van der Waals surface area contributed by atoms with Crippen LogP contribution in [0.2, 0.25) is 0 Å². The highest BCUT2D eigenvalue weighted by Crippen LogP contribution is 2.29. The fraction of sp³-hybridized carbons (Fsp3) is 0.385. The quantitative estimate of drug-likeness (QED) is 0.914. The molecular weight excluding hydrogens is 264 g/mol. The SMILES string of the molecule is COC[C@H](C)C(=O)Nc1ccc2nc(OC)sc2c1. The number of anilines is 1. The molecule has 0 aliphatic rings. The molecule has 0 aliphatic carbocycles. The number of fused-ring (bicyclic) bond motifs is 1. The van der Waals surface area contributed by atoms with Gasteiger partial charge in [0, 0.05) is 12.8 Å². The van der Waals surface area contributed by atoms with Crippen LogP contribution in [0.3, 0.4) is 0 Å². The number of methoxy groups -OCH3 is 2. The van der Waals surface area contributed by atoms with Gasteiger partial charge in [-0.25, -0.2) is 4.98 Å². The van der Waals surface area contributed by atoms with Gasteiger partial charge in [0.1, 0.15) is 0 Å². The molecule has 0 radical (unpaired) electrons. The zero-order valence-electron chi connectivity index (χ0n) is 11.1. The molecular formula is C13H16N2O3S.